The lowest BCUT2D eigenvalue weighted by Gasteiger charge is -2.17. The number of carbonyl (C=O) groups is 1. The molecular weight excluding hydrogens is 399 g/mol. The maximum atomic E-state index is 12.1. The summed E-state index contributed by atoms with van der Waals surface area (Å²) < 4.78 is 5.89. The van der Waals surface area contributed by atoms with E-state index in [9.17, 15) is 14.9 Å². The van der Waals surface area contributed by atoms with Gasteiger partial charge in [0.25, 0.3) is 5.69 Å². The topological polar surface area (TPSA) is 72.7 Å². The van der Waals surface area contributed by atoms with Crippen LogP contribution >= 0.6 is 22.6 Å². The Bertz CT molecular complexity index is 691. The molecule has 0 atom stereocenters. The van der Waals surface area contributed by atoms with Gasteiger partial charge in [-0.05, 0) is 40.3 Å². The lowest BCUT2D eigenvalue weighted by molar-refractivity contribution is -0.384. The van der Waals surface area contributed by atoms with Crippen LogP contribution in [0.5, 0.6) is 0 Å². The Kier molecular flexibility index (Phi) is 5.31. The van der Waals surface area contributed by atoms with Crippen molar-refractivity contribution in [2.75, 3.05) is 11.9 Å². The number of halogens is 1. The molecule has 22 heavy (non-hydrogen) atoms. The van der Waals surface area contributed by atoms with Gasteiger partial charge in [0.1, 0.15) is 12.3 Å². The lowest BCUT2D eigenvalue weighted by atomic mass is 10.2. The normalized spacial score (nSPS) is 10.1. The number of nitro groups is 1. The van der Waals surface area contributed by atoms with Crippen LogP contribution in [-0.4, -0.2) is 18.1 Å². The second-order valence-electron chi connectivity index (χ2n) is 4.49. The highest BCUT2D eigenvalue weighted by molar-refractivity contribution is 14.1. The molecule has 0 spiro atoms. The van der Waals surface area contributed by atoms with Crippen molar-refractivity contribution in [3.63, 3.8) is 0 Å². The minimum Gasteiger partial charge on any atom is -0.444 e. The van der Waals surface area contributed by atoms with Crippen LogP contribution in [0.3, 0.4) is 0 Å². The van der Waals surface area contributed by atoms with E-state index in [1.54, 1.807) is 6.07 Å². The predicted octanol–water partition coefficient (Wildman–Crippen LogP) is 3.97. The molecule has 0 heterocycles. The molecule has 1 amide bonds. The fraction of sp³-hybridized carbons (Fsp3) is 0.133. The highest BCUT2D eigenvalue weighted by Gasteiger charge is 2.22. The summed E-state index contributed by atoms with van der Waals surface area (Å²) in [6.45, 7) is 0.113. The van der Waals surface area contributed by atoms with Crippen molar-refractivity contribution in [3.05, 3.63) is 67.8 Å². The second-order valence-corrected chi connectivity index (χ2v) is 5.73. The Morgan fingerprint density at radius 3 is 2.59 bits per heavy atom. The first-order valence-corrected chi connectivity index (χ1v) is 7.45. The second kappa shape index (κ2) is 7.21. The van der Waals surface area contributed by atoms with Gasteiger partial charge in [-0.25, -0.2) is 4.79 Å². The molecule has 2 aromatic rings. The molecule has 0 saturated heterocycles. The highest BCUT2D eigenvalue weighted by atomic mass is 127. The number of amides is 1. The summed E-state index contributed by atoms with van der Waals surface area (Å²) in [4.78, 5) is 23.8. The van der Waals surface area contributed by atoms with Crippen LogP contribution in [-0.2, 0) is 11.3 Å². The molecule has 0 unspecified atom stereocenters. The van der Waals surface area contributed by atoms with Crippen molar-refractivity contribution < 1.29 is 14.5 Å². The monoisotopic (exact) mass is 412 g/mol. The van der Waals surface area contributed by atoms with Crippen molar-refractivity contribution in [2.45, 2.75) is 6.61 Å². The molecule has 0 aliphatic carbocycles. The molecule has 0 aromatic heterocycles. The molecule has 2 aromatic carbocycles. The summed E-state index contributed by atoms with van der Waals surface area (Å²) in [5.41, 5.74) is 0.913. The fourth-order valence-corrected chi connectivity index (χ4v) is 2.32. The Morgan fingerprint density at radius 1 is 1.27 bits per heavy atom. The third-order valence-electron chi connectivity index (χ3n) is 2.97. The van der Waals surface area contributed by atoms with E-state index in [4.69, 9.17) is 4.74 Å². The van der Waals surface area contributed by atoms with Crippen LogP contribution in [0.25, 0.3) is 0 Å². The van der Waals surface area contributed by atoms with E-state index in [-0.39, 0.29) is 18.0 Å². The summed E-state index contributed by atoms with van der Waals surface area (Å²) in [6, 6.07) is 13.9. The van der Waals surface area contributed by atoms with Gasteiger partial charge < -0.3 is 4.74 Å². The van der Waals surface area contributed by atoms with Gasteiger partial charge in [-0.1, -0.05) is 30.3 Å². The summed E-state index contributed by atoms with van der Waals surface area (Å²) in [6.07, 6.45) is -0.645. The molecule has 6 nitrogen and oxygen atoms in total. The Labute approximate surface area is 141 Å². The smallest absolute Gasteiger partial charge is 0.414 e. The van der Waals surface area contributed by atoms with Gasteiger partial charge in [-0.15, -0.1) is 0 Å². The molecular formula is C15H13IN2O4. The molecule has 7 heteroatoms. The minimum atomic E-state index is -0.645. The molecule has 0 radical (unpaired) electrons. The quantitative estimate of drug-likeness (QED) is 0.433. The molecule has 0 bridgehead atoms. The van der Waals surface area contributed by atoms with E-state index in [2.05, 4.69) is 0 Å². The summed E-state index contributed by atoms with van der Waals surface area (Å²) >= 11 is 1.98. The van der Waals surface area contributed by atoms with Gasteiger partial charge in [-0.3, -0.25) is 15.0 Å². The number of nitro benzene ring substituents is 1. The number of hydrogen-bond acceptors (Lipinski definition) is 4. The van der Waals surface area contributed by atoms with Gasteiger partial charge in [0.15, 0.2) is 0 Å². The van der Waals surface area contributed by atoms with Crippen LogP contribution in [0.15, 0.2) is 48.5 Å². The van der Waals surface area contributed by atoms with Gasteiger partial charge in [-0.2, -0.15) is 0 Å². The highest BCUT2D eigenvalue weighted by Crippen LogP contribution is 2.29. The van der Waals surface area contributed by atoms with Crippen LogP contribution in [0.4, 0.5) is 16.2 Å². The minimum absolute atomic E-state index is 0.113. The molecule has 0 saturated carbocycles. The van der Waals surface area contributed by atoms with Crippen molar-refractivity contribution in [1.82, 2.24) is 0 Å². The largest absolute Gasteiger partial charge is 0.444 e. The number of rotatable bonds is 4. The number of anilines is 1. The standard InChI is InChI=1S/C15H13IN2O4/c1-17(13-8-7-12(16)9-14(13)18(20)21)15(19)22-10-11-5-3-2-4-6-11/h2-9H,10H2,1H3. The van der Waals surface area contributed by atoms with E-state index in [1.165, 1.54) is 19.2 Å². The number of benzene rings is 2. The Balaban J connectivity index is 2.12. The third-order valence-corrected chi connectivity index (χ3v) is 3.65. The van der Waals surface area contributed by atoms with Crippen LogP contribution in [0.1, 0.15) is 5.56 Å². The molecule has 2 rings (SSSR count). The predicted molar refractivity (Wildman–Crippen MR) is 90.8 cm³/mol. The average molecular weight is 412 g/mol. The Morgan fingerprint density at radius 2 is 1.95 bits per heavy atom. The van der Waals surface area contributed by atoms with E-state index < -0.39 is 11.0 Å². The zero-order valence-electron chi connectivity index (χ0n) is 11.7. The maximum Gasteiger partial charge on any atom is 0.414 e. The SMILES string of the molecule is CN(C(=O)OCc1ccccc1)c1ccc(I)cc1[N+](=O)[O-]. The number of nitrogens with zero attached hydrogens (tertiary/aromatic N) is 2. The zero-order valence-corrected chi connectivity index (χ0v) is 13.9. The molecule has 0 aliphatic heterocycles. The molecule has 114 valence electrons. The first-order valence-electron chi connectivity index (χ1n) is 6.37. The summed E-state index contributed by atoms with van der Waals surface area (Å²) in [5, 5.41) is 11.1. The maximum absolute atomic E-state index is 12.1. The van der Waals surface area contributed by atoms with Gasteiger partial charge in [0.05, 0.1) is 4.92 Å². The van der Waals surface area contributed by atoms with Gasteiger partial charge in [0, 0.05) is 16.7 Å². The van der Waals surface area contributed by atoms with E-state index in [0.29, 0.717) is 0 Å². The number of carbonyl (C=O) groups excluding carboxylic acids is 1. The number of ether oxygens (including phenoxy) is 1. The van der Waals surface area contributed by atoms with Gasteiger partial charge in [0.2, 0.25) is 0 Å². The van der Waals surface area contributed by atoms with Crippen LogP contribution in [0, 0.1) is 13.7 Å². The fourth-order valence-electron chi connectivity index (χ4n) is 1.84. The van der Waals surface area contributed by atoms with Crippen molar-refractivity contribution in [3.8, 4) is 0 Å². The van der Waals surface area contributed by atoms with Crippen molar-refractivity contribution in [1.29, 1.82) is 0 Å². The Hall–Kier alpha value is -2.16. The van der Waals surface area contributed by atoms with Crippen LogP contribution in [0.2, 0.25) is 0 Å². The van der Waals surface area contributed by atoms with E-state index >= 15 is 0 Å². The van der Waals surface area contributed by atoms with Crippen molar-refractivity contribution >= 4 is 40.1 Å². The van der Waals surface area contributed by atoms with E-state index in [1.807, 2.05) is 52.9 Å². The first kappa shape index (κ1) is 16.2. The van der Waals surface area contributed by atoms with Gasteiger partial charge >= 0.3 is 6.09 Å². The lowest BCUT2D eigenvalue weighted by Crippen LogP contribution is -2.27. The average Bonchev–Trinajstić information content (AvgIpc) is 2.52. The van der Waals surface area contributed by atoms with E-state index in [0.717, 1.165) is 14.0 Å². The van der Waals surface area contributed by atoms with Crippen molar-refractivity contribution in [2.24, 2.45) is 0 Å². The molecule has 0 aliphatic rings. The molecule has 0 fully saturated rings. The zero-order chi connectivity index (χ0) is 16.1. The summed E-state index contributed by atoms with van der Waals surface area (Å²) in [7, 11) is 1.45. The first-order chi connectivity index (χ1) is 10.5. The van der Waals surface area contributed by atoms with Crippen LogP contribution < -0.4 is 4.90 Å². The molecule has 0 N–H and O–H groups in total. The third kappa shape index (κ3) is 3.94. The summed E-state index contributed by atoms with van der Waals surface area (Å²) in [5.74, 6) is 0. The number of hydrogen-bond donors (Lipinski definition) is 0.